The van der Waals surface area contributed by atoms with E-state index in [1.54, 1.807) is 48.8 Å². The fraction of sp³-hybridized carbons (Fsp3) is 0.0833. The van der Waals surface area contributed by atoms with E-state index < -0.39 is 11.8 Å². The molecule has 0 bridgehead atoms. The Morgan fingerprint density at radius 1 is 1.06 bits per heavy atom. The first-order chi connectivity index (χ1) is 16.0. The highest BCUT2D eigenvalue weighted by Gasteiger charge is 2.28. The van der Waals surface area contributed by atoms with E-state index in [1.807, 2.05) is 13.0 Å². The van der Waals surface area contributed by atoms with Gasteiger partial charge in [0.25, 0.3) is 5.91 Å². The molecule has 0 unspecified atom stereocenters. The first-order valence-corrected chi connectivity index (χ1v) is 10.2. The number of amides is 3. The predicted octanol–water partition coefficient (Wildman–Crippen LogP) is 4.47. The zero-order valence-corrected chi connectivity index (χ0v) is 17.6. The second kappa shape index (κ2) is 8.19. The molecule has 0 aliphatic carbocycles. The van der Waals surface area contributed by atoms with Gasteiger partial charge in [0.15, 0.2) is 0 Å². The Morgan fingerprint density at radius 2 is 1.88 bits per heavy atom. The van der Waals surface area contributed by atoms with Gasteiger partial charge in [-0.05, 0) is 54.4 Å². The van der Waals surface area contributed by atoms with Gasteiger partial charge >= 0.3 is 6.03 Å². The van der Waals surface area contributed by atoms with E-state index in [9.17, 15) is 9.59 Å². The average Bonchev–Trinajstić information content (AvgIpc) is 3.44. The van der Waals surface area contributed by atoms with Crippen molar-refractivity contribution in [2.24, 2.45) is 0 Å². The lowest BCUT2D eigenvalue weighted by Crippen LogP contribution is -2.20. The number of carbonyl (C=O) groups excluding carboxylic acids is 2. The molecule has 0 radical (unpaired) electrons. The van der Waals surface area contributed by atoms with E-state index in [0.29, 0.717) is 51.7 Å². The molecule has 5 rings (SSSR count). The lowest BCUT2D eigenvalue weighted by molar-refractivity contribution is 0.0966. The lowest BCUT2D eigenvalue weighted by atomic mass is 9.92. The fourth-order valence-electron chi connectivity index (χ4n) is 3.91. The summed E-state index contributed by atoms with van der Waals surface area (Å²) in [6.45, 7) is 2.11. The largest absolute Gasteiger partial charge is 0.348 e. The minimum Gasteiger partial charge on any atom is -0.348 e. The number of pyridine rings is 1. The van der Waals surface area contributed by atoms with Crippen molar-refractivity contribution < 1.29 is 14.0 Å². The summed E-state index contributed by atoms with van der Waals surface area (Å²) in [6, 6.07) is 12.7. The van der Waals surface area contributed by atoms with Crippen molar-refractivity contribution in [1.82, 2.24) is 20.3 Å². The Balaban J connectivity index is 1.42. The summed E-state index contributed by atoms with van der Waals surface area (Å²) in [4.78, 5) is 36.2. The molecule has 33 heavy (non-hydrogen) atoms. The van der Waals surface area contributed by atoms with Crippen molar-refractivity contribution >= 4 is 23.4 Å². The fourth-order valence-corrected chi connectivity index (χ4v) is 3.91. The molecule has 164 valence electrons. The molecular weight excluding hydrogens is 423 g/mol. The number of rotatable bonds is 4. The molecule has 2 aromatic carbocycles. The number of carbonyl (C=O) groups is 2. The van der Waals surface area contributed by atoms with Crippen LogP contribution in [0.15, 0.2) is 60.9 Å². The Hall–Kier alpha value is -4.53. The number of nitrogens with zero attached hydrogens (tertiary/aromatic N) is 2. The van der Waals surface area contributed by atoms with Crippen molar-refractivity contribution in [1.29, 1.82) is 0 Å². The summed E-state index contributed by atoms with van der Waals surface area (Å²) in [5.41, 5.74) is 3.84. The Kier molecular flexibility index (Phi) is 5.06. The zero-order chi connectivity index (χ0) is 22.9. The normalized spacial score (nSPS) is 12.2. The van der Waals surface area contributed by atoms with Gasteiger partial charge in [0, 0.05) is 41.4 Å². The zero-order valence-electron chi connectivity index (χ0n) is 17.6. The number of benzene rings is 2. The molecule has 1 aliphatic rings. The van der Waals surface area contributed by atoms with Crippen LogP contribution in [0.5, 0.6) is 0 Å². The quantitative estimate of drug-likeness (QED) is 0.373. The van der Waals surface area contributed by atoms with Gasteiger partial charge in [0.05, 0.1) is 5.56 Å². The second-order valence-electron chi connectivity index (χ2n) is 7.57. The van der Waals surface area contributed by atoms with Gasteiger partial charge in [-0.3, -0.25) is 10.1 Å². The number of anilines is 2. The predicted molar refractivity (Wildman–Crippen MR) is 122 cm³/mol. The monoisotopic (exact) mass is 442 g/mol. The van der Waals surface area contributed by atoms with Crippen molar-refractivity contribution in [3.05, 3.63) is 83.6 Å². The number of hydrogen-bond acceptors (Lipinski definition) is 4. The van der Waals surface area contributed by atoms with Crippen LogP contribution in [0.4, 0.5) is 20.7 Å². The number of halogens is 1. The third-order valence-electron chi connectivity index (χ3n) is 5.37. The summed E-state index contributed by atoms with van der Waals surface area (Å²) in [5.74, 6) is 0.227. The number of aromatic nitrogens is 3. The topological polar surface area (TPSA) is 112 Å². The van der Waals surface area contributed by atoms with Gasteiger partial charge in [-0.1, -0.05) is 12.1 Å². The summed E-state index contributed by atoms with van der Waals surface area (Å²) >= 11 is 0. The number of aromatic amines is 1. The summed E-state index contributed by atoms with van der Waals surface area (Å²) < 4.78 is 15.1. The lowest BCUT2D eigenvalue weighted by Gasteiger charge is -2.13. The second-order valence-corrected chi connectivity index (χ2v) is 7.57. The summed E-state index contributed by atoms with van der Waals surface area (Å²) in [5, 5.41) is 8.03. The minimum atomic E-state index is -0.529. The third kappa shape index (κ3) is 3.91. The van der Waals surface area contributed by atoms with Crippen LogP contribution in [0.2, 0.25) is 0 Å². The Bertz CT molecular complexity index is 1380. The van der Waals surface area contributed by atoms with Crippen molar-refractivity contribution in [3.8, 4) is 22.5 Å². The van der Waals surface area contributed by atoms with E-state index in [4.69, 9.17) is 0 Å². The maximum atomic E-state index is 15.1. The van der Waals surface area contributed by atoms with Gasteiger partial charge < -0.3 is 15.6 Å². The molecule has 1 aliphatic heterocycles. The van der Waals surface area contributed by atoms with Crippen LogP contribution >= 0.6 is 0 Å². The molecule has 9 heteroatoms. The molecule has 3 heterocycles. The van der Waals surface area contributed by atoms with Crippen LogP contribution in [0, 0.1) is 12.7 Å². The van der Waals surface area contributed by atoms with E-state index in [2.05, 4.69) is 30.9 Å². The highest BCUT2D eigenvalue weighted by molar-refractivity contribution is 6.06. The first-order valence-electron chi connectivity index (χ1n) is 10.2. The number of imidazole rings is 1. The highest BCUT2D eigenvalue weighted by Crippen LogP contribution is 2.36. The van der Waals surface area contributed by atoms with Gasteiger partial charge in [-0.2, -0.15) is 0 Å². The minimum absolute atomic E-state index is 0.224. The molecule has 2 aromatic heterocycles. The van der Waals surface area contributed by atoms with Crippen LogP contribution in [0.25, 0.3) is 22.5 Å². The first kappa shape index (κ1) is 20.4. The van der Waals surface area contributed by atoms with E-state index >= 15 is 4.39 Å². The standard InChI is InChI=1S/C24H19FN6O2/c1-13-3-2-4-20(29-13)31-24(33)30-14-5-6-16(19(25)11-14)15-7-8-17(22-26-9-10-27-22)21-18(15)12-28-23(21)32/h2-11H,12H2,1H3,(H,26,27)(H,28,32)(H2,29,30,31,33). The molecule has 0 saturated carbocycles. The van der Waals surface area contributed by atoms with Crippen molar-refractivity contribution in [3.63, 3.8) is 0 Å². The molecule has 4 N–H and O–H groups in total. The van der Waals surface area contributed by atoms with E-state index in [-0.39, 0.29) is 5.91 Å². The van der Waals surface area contributed by atoms with Crippen LogP contribution in [-0.2, 0) is 6.54 Å². The SMILES string of the molecule is Cc1cccc(NC(=O)Nc2ccc(-c3ccc(-c4ncc[nH]4)c4c3CNC4=O)c(F)c2)n1. The number of urea groups is 1. The number of H-pyrrole nitrogens is 1. The maximum absolute atomic E-state index is 15.1. The Morgan fingerprint density at radius 3 is 2.64 bits per heavy atom. The maximum Gasteiger partial charge on any atom is 0.324 e. The molecule has 3 amide bonds. The number of hydrogen-bond donors (Lipinski definition) is 4. The van der Waals surface area contributed by atoms with E-state index in [0.717, 1.165) is 5.69 Å². The van der Waals surface area contributed by atoms with Crippen molar-refractivity contribution in [2.45, 2.75) is 13.5 Å². The molecular formula is C24H19FN6O2. The van der Waals surface area contributed by atoms with Gasteiger partial charge in [0.1, 0.15) is 17.5 Å². The highest BCUT2D eigenvalue weighted by atomic mass is 19.1. The molecule has 0 atom stereocenters. The summed E-state index contributed by atoms with van der Waals surface area (Å²) in [6.07, 6.45) is 3.29. The molecule has 4 aromatic rings. The van der Waals surface area contributed by atoms with Gasteiger partial charge in [-0.15, -0.1) is 0 Å². The van der Waals surface area contributed by atoms with Gasteiger partial charge in [-0.25, -0.2) is 19.2 Å². The molecule has 0 saturated heterocycles. The van der Waals surface area contributed by atoms with Gasteiger partial charge in [0.2, 0.25) is 0 Å². The van der Waals surface area contributed by atoms with Crippen LogP contribution in [0.1, 0.15) is 21.6 Å². The number of fused-ring (bicyclic) bond motifs is 1. The Labute approximate surface area is 188 Å². The van der Waals surface area contributed by atoms with Crippen LogP contribution in [-0.4, -0.2) is 26.9 Å². The van der Waals surface area contributed by atoms with Crippen LogP contribution in [0.3, 0.4) is 0 Å². The number of nitrogens with one attached hydrogen (secondary N) is 4. The van der Waals surface area contributed by atoms with Crippen molar-refractivity contribution in [2.75, 3.05) is 10.6 Å². The average molecular weight is 442 g/mol. The summed E-state index contributed by atoms with van der Waals surface area (Å²) in [7, 11) is 0. The smallest absolute Gasteiger partial charge is 0.324 e. The molecule has 0 fully saturated rings. The molecule has 8 nitrogen and oxygen atoms in total. The van der Waals surface area contributed by atoms with Crippen LogP contribution < -0.4 is 16.0 Å². The number of aryl methyl sites for hydroxylation is 1. The molecule has 0 spiro atoms. The third-order valence-corrected chi connectivity index (χ3v) is 5.37. The van der Waals surface area contributed by atoms with E-state index in [1.165, 1.54) is 6.07 Å².